The Balaban J connectivity index is 2.23. The number of benzene rings is 1. The summed E-state index contributed by atoms with van der Waals surface area (Å²) in [7, 11) is 0. The number of nitrogens with one attached hydrogen (secondary N) is 1. The number of anilines is 1. The van der Waals surface area contributed by atoms with Gasteiger partial charge in [0, 0.05) is 10.7 Å². The summed E-state index contributed by atoms with van der Waals surface area (Å²) in [6.07, 6.45) is 4.94. The Morgan fingerprint density at radius 3 is 2.75 bits per heavy atom. The SMILES string of the molecule is CCCCC(CC)C(Cl)c1cc2c(cc1Cl)NC(=O)C2. The molecular weight excluding hydrogens is 293 g/mol. The van der Waals surface area contributed by atoms with E-state index in [1.54, 1.807) is 0 Å². The lowest BCUT2D eigenvalue weighted by Gasteiger charge is -2.22. The van der Waals surface area contributed by atoms with Crippen LogP contribution in [0.3, 0.4) is 0 Å². The molecule has 1 aromatic carbocycles. The first-order valence-corrected chi connectivity index (χ1v) is 8.14. The van der Waals surface area contributed by atoms with E-state index in [9.17, 15) is 4.79 Å². The molecule has 2 rings (SSSR count). The zero-order valence-corrected chi connectivity index (χ0v) is 13.5. The number of unbranched alkanes of at least 4 members (excludes halogenated alkanes) is 1. The third-order valence-electron chi connectivity index (χ3n) is 4.01. The van der Waals surface area contributed by atoms with Gasteiger partial charge >= 0.3 is 0 Å². The van der Waals surface area contributed by atoms with Crippen molar-refractivity contribution in [3.8, 4) is 0 Å². The van der Waals surface area contributed by atoms with Crippen molar-refractivity contribution in [2.24, 2.45) is 5.92 Å². The molecule has 2 nitrogen and oxygen atoms in total. The van der Waals surface area contributed by atoms with Crippen molar-refractivity contribution in [2.45, 2.75) is 51.3 Å². The van der Waals surface area contributed by atoms with E-state index in [0.717, 1.165) is 29.7 Å². The summed E-state index contributed by atoms with van der Waals surface area (Å²) in [5.74, 6) is 0.453. The monoisotopic (exact) mass is 313 g/mol. The van der Waals surface area contributed by atoms with Crippen LogP contribution in [-0.2, 0) is 11.2 Å². The van der Waals surface area contributed by atoms with E-state index >= 15 is 0 Å². The Bertz CT molecular complexity index is 501. The van der Waals surface area contributed by atoms with E-state index in [0.29, 0.717) is 17.4 Å². The van der Waals surface area contributed by atoms with Crippen molar-refractivity contribution in [1.29, 1.82) is 0 Å². The number of carbonyl (C=O) groups excluding carboxylic acids is 1. The van der Waals surface area contributed by atoms with Crippen LogP contribution in [0.4, 0.5) is 5.69 Å². The fourth-order valence-electron chi connectivity index (χ4n) is 2.76. The zero-order valence-electron chi connectivity index (χ0n) is 12.0. The molecule has 1 N–H and O–H groups in total. The van der Waals surface area contributed by atoms with Gasteiger partial charge in [0.15, 0.2) is 0 Å². The quantitative estimate of drug-likeness (QED) is 0.706. The van der Waals surface area contributed by atoms with Crippen molar-refractivity contribution in [3.63, 3.8) is 0 Å². The Morgan fingerprint density at radius 2 is 2.10 bits per heavy atom. The Labute approximate surface area is 130 Å². The molecule has 1 heterocycles. The third kappa shape index (κ3) is 3.29. The number of hydrogen-bond donors (Lipinski definition) is 1. The molecule has 0 aromatic heterocycles. The topological polar surface area (TPSA) is 29.1 Å². The van der Waals surface area contributed by atoms with Crippen LogP contribution in [0.25, 0.3) is 0 Å². The van der Waals surface area contributed by atoms with Gasteiger partial charge in [-0.05, 0) is 29.5 Å². The predicted octanol–water partition coefficient (Wildman–Crippen LogP) is 5.33. The number of rotatable bonds is 6. The van der Waals surface area contributed by atoms with Crippen LogP contribution in [0, 0.1) is 5.92 Å². The average Bonchev–Trinajstić information content (AvgIpc) is 2.77. The van der Waals surface area contributed by atoms with Gasteiger partial charge in [-0.1, -0.05) is 50.8 Å². The second kappa shape index (κ2) is 6.82. The van der Waals surface area contributed by atoms with Crippen molar-refractivity contribution < 1.29 is 4.79 Å². The van der Waals surface area contributed by atoms with Gasteiger partial charge in [-0.2, -0.15) is 0 Å². The first kappa shape index (κ1) is 15.7. The summed E-state index contributed by atoms with van der Waals surface area (Å²) in [6.45, 7) is 4.36. The molecule has 0 radical (unpaired) electrons. The van der Waals surface area contributed by atoms with Crippen LogP contribution < -0.4 is 5.32 Å². The summed E-state index contributed by atoms with van der Waals surface area (Å²) in [6, 6.07) is 3.83. The summed E-state index contributed by atoms with van der Waals surface area (Å²) in [5, 5.41) is 3.39. The number of fused-ring (bicyclic) bond motifs is 1. The molecular formula is C16H21Cl2NO. The molecule has 110 valence electrons. The lowest BCUT2D eigenvalue weighted by Crippen LogP contribution is -2.08. The van der Waals surface area contributed by atoms with E-state index in [1.165, 1.54) is 12.8 Å². The van der Waals surface area contributed by atoms with Gasteiger partial charge in [0.2, 0.25) is 5.91 Å². The molecule has 0 spiro atoms. The van der Waals surface area contributed by atoms with E-state index in [-0.39, 0.29) is 11.3 Å². The summed E-state index contributed by atoms with van der Waals surface area (Å²) in [5.41, 5.74) is 2.80. The molecule has 1 aromatic rings. The molecule has 0 saturated heterocycles. The number of carbonyl (C=O) groups is 1. The minimum atomic E-state index is -0.0833. The highest BCUT2D eigenvalue weighted by Gasteiger charge is 2.25. The summed E-state index contributed by atoms with van der Waals surface area (Å²) in [4.78, 5) is 11.4. The fourth-order valence-corrected chi connectivity index (χ4v) is 3.58. The molecule has 0 saturated carbocycles. The number of hydrogen-bond acceptors (Lipinski definition) is 1. The Morgan fingerprint density at radius 1 is 1.35 bits per heavy atom. The first-order valence-electron chi connectivity index (χ1n) is 7.33. The minimum absolute atomic E-state index is 0.0253. The highest BCUT2D eigenvalue weighted by atomic mass is 35.5. The molecule has 2 unspecified atom stereocenters. The summed E-state index contributed by atoms with van der Waals surface area (Å²) >= 11 is 13.0. The normalized spacial score (nSPS) is 16.7. The lowest BCUT2D eigenvalue weighted by molar-refractivity contribution is -0.115. The number of alkyl halides is 1. The van der Waals surface area contributed by atoms with Crippen molar-refractivity contribution in [2.75, 3.05) is 5.32 Å². The van der Waals surface area contributed by atoms with Gasteiger partial charge < -0.3 is 5.32 Å². The van der Waals surface area contributed by atoms with Crippen LogP contribution in [-0.4, -0.2) is 5.91 Å². The van der Waals surface area contributed by atoms with Gasteiger partial charge in [-0.25, -0.2) is 0 Å². The smallest absolute Gasteiger partial charge is 0.228 e. The Kier molecular flexibility index (Phi) is 5.34. The highest BCUT2D eigenvalue weighted by molar-refractivity contribution is 6.33. The van der Waals surface area contributed by atoms with Gasteiger partial charge in [0.1, 0.15) is 0 Å². The molecule has 1 amide bonds. The summed E-state index contributed by atoms with van der Waals surface area (Å²) < 4.78 is 0. The van der Waals surface area contributed by atoms with Crippen LogP contribution >= 0.6 is 23.2 Å². The Hall–Kier alpha value is -0.730. The third-order valence-corrected chi connectivity index (χ3v) is 4.93. The van der Waals surface area contributed by atoms with Crippen molar-refractivity contribution in [1.82, 2.24) is 0 Å². The maximum atomic E-state index is 11.4. The first-order chi connectivity index (χ1) is 9.56. The molecule has 20 heavy (non-hydrogen) atoms. The number of amides is 1. The van der Waals surface area contributed by atoms with E-state index < -0.39 is 0 Å². The van der Waals surface area contributed by atoms with Crippen molar-refractivity contribution >= 4 is 34.8 Å². The molecule has 2 atom stereocenters. The molecule has 0 fully saturated rings. The standard InChI is InChI=1S/C16H21Cl2NO/c1-3-5-6-10(4-2)16(18)12-7-11-8-15(20)19-14(11)9-13(12)17/h7,9-10,16H,3-6,8H2,1-2H3,(H,19,20). The van der Waals surface area contributed by atoms with Crippen LogP contribution in [0.2, 0.25) is 5.02 Å². The lowest BCUT2D eigenvalue weighted by atomic mass is 9.90. The van der Waals surface area contributed by atoms with E-state index in [1.807, 2.05) is 12.1 Å². The molecule has 1 aliphatic heterocycles. The minimum Gasteiger partial charge on any atom is -0.325 e. The zero-order chi connectivity index (χ0) is 14.7. The van der Waals surface area contributed by atoms with E-state index in [2.05, 4.69) is 19.2 Å². The number of halogens is 2. The fraction of sp³-hybridized carbons (Fsp3) is 0.562. The van der Waals surface area contributed by atoms with Crippen LogP contribution in [0.15, 0.2) is 12.1 Å². The molecule has 0 bridgehead atoms. The predicted molar refractivity (Wildman–Crippen MR) is 85.7 cm³/mol. The second-order valence-corrected chi connectivity index (χ2v) is 6.35. The van der Waals surface area contributed by atoms with Gasteiger partial charge in [0.25, 0.3) is 0 Å². The maximum Gasteiger partial charge on any atom is 0.228 e. The van der Waals surface area contributed by atoms with Gasteiger partial charge in [-0.3, -0.25) is 4.79 Å². The van der Waals surface area contributed by atoms with Gasteiger partial charge in [-0.15, -0.1) is 11.6 Å². The average molecular weight is 314 g/mol. The highest BCUT2D eigenvalue weighted by Crippen LogP contribution is 2.41. The van der Waals surface area contributed by atoms with Crippen molar-refractivity contribution in [3.05, 3.63) is 28.3 Å². The van der Waals surface area contributed by atoms with Crippen LogP contribution in [0.5, 0.6) is 0 Å². The second-order valence-electron chi connectivity index (χ2n) is 5.47. The van der Waals surface area contributed by atoms with E-state index in [4.69, 9.17) is 23.2 Å². The maximum absolute atomic E-state index is 11.4. The molecule has 1 aliphatic rings. The van der Waals surface area contributed by atoms with Gasteiger partial charge in [0.05, 0.1) is 11.8 Å². The molecule has 0 aliphatic carbocycles. The molecule has 4 heteroatoms. The van der Waals surface area contributed by atoms with Crippen LogP contribution in [0.1, 0.15) is 56.0 Å². The largest absolute Gasteiger partial charge is 0.325 e.